The summed E-state index contributed by atoms with van der Waals surface area (Å²) < 4.78 is 13.1. The first-order chi connectivity index (χ1) is 13.0. The largest absolute Gasteiger partial charge is 0.368 e. The molecule has 1 aromatic carbocycles. The molecule has 3 heterocycles. The smallest absolute Gasteiger partial charge is 0.266 e. The number of hydrogen-bond acceptors (Lipinski definition) is 5. The summed E-state index contributed by atoms with van der Waals surface area (Å²) in [5, 5.41) is 0.628. The number of anilines is 2. The highest BCUT2D eigenvalue weighted by atomic mass is 32.1. The van der Waals surface area contributed by atoms with E-state index in [-0.39, 0.29) is 17.6 Å². The van der Waals surface area contributed by atoms with Crippen molar-refractivity contribution in [1.29, 1.82) is 0 Å². The summed E-state index contributed by atoms with van der Waals surface area (Å²) in [4.78, 5) is 35.6. The molecule has 0 atom stereocenters. The molecule has 0 saturated carbocycles. The quantitative estimate of drug-likeness (QED) is 0.811. The molecule has 0 unspecified atom stereocenters. The number of halogens is 1. The molecule has 6 nitrogen and oxygen atoms in total. The molecule has 27 heavy (non-hydrogen) atoms. The summed E-state index contributed by atoms with van der Waals surface area (Å²) in [6, 6.07) is 6.43. The minimum absolute atomic E-state index is 0.0262. The molecule has 2 saturated heterocycles. The third-order valence-electron chi connectivity index (χ3n) is 5.04. The van der Waals surface area contributed by atoms with Crippen LogP contribution in [0.2, 0.25) is 0 Å². The van der Waals surface area contributed by atoms with Gasteiger partial charge in [0, 0.05) is 44.8 Å². The normalized spacial score (nSPS) is 17.7. The topological polar surface area (TPSA) is 56.8 Å². The maximum Gasteiger partial charge on any atom is 0.266 e. The summed E-state index contributed by atoms with van der Waals surface area (Å²) in [7, 11) is 0. The Labute approximate surface area is 161 Å². The number of hydrogen-bond donors (Lipinski definition) is 0. The van der Waals surface area contributed by atoms with Crippen LogP contribution in [0.15, 0.2) is 24.3 Å². The zero-order chi connectivity index (χ0) is 19.0. The molecule has 2 amide bonds. The number of rotatable bonds is 3. The van der Waals surface area contributed by atoms with Gasteiger partial charge in [0.15, 0.2) is 5.13 Å². The van der Waals surface area contributed by atoms with Gasteiger partial charge in [-0.1, -0.05) is 11.3 Å². The molecule has 4 rings (SSSR count). The van der Waals surface area contributed by atoms with Crippen LogP contribution in [0.3, 0.4) is 0 Å². The summed E-state index contributed by atoms with van der Waals surface area (Å²) in [6.07, 6.45) is 1.39. The predicted octanol–water partition coefficient (Wildman–Crippen LogP) is 2.68. The highest BCUT2D eigenvalue weighted by molar-refractivity contribution is 7.17. The van der Waals surface area contributed by atoms with E-state index in [0.717, 1.165) is 12.1 Å². The monoisotopic (exact) mass is 388 g/mol. The molecule has 0 bridgehead atoms. The summed E-state index contributed by atoms with van der Waals surface area (Å²) in [5.41, 5.74) is 1.65. The molecule has 2 fully saturated rings. The molecule has 142 valence electrons. The van der Waals surface area contributed by atoms with Crippen molar-refractivity contribution in [2.75, 3.05) is 42.5 Å². The molecule has 8 heteroatoms. The van der Waals surface area contributed by atoms with Gasteiger partial charge in [0.2, 0.25) is 5.91 Å². The minimum Gasteiger partial charge on any atom is -0.368 e. The van der Waals surface area contributed by atoms with E-state index >= 15 is 0 Å². The van der Waals surface area contributed by atoms with Gasteiger partial charge < -0.3 is 9.80 Å². The third kappa shape index (κ3) is 3.53. The Morgan fingerprint density at radius 1 is 1.11 bits per heavy atom. The second kappa shape index (κ2) is 7.26. The average Bonchev–Trinajstić information content (AvgIpc) is 3.27. The van der Waals surface area contributed by atoms with Crippen molar-refractivity contribution in [3.8, 4) is 0 Å². The zero-order valence-corrected chi connectivity index (χ0v) is 16.0. The van der Waals surface area contributed by atoms with Crippen LogP contribution < -0.4 is 9.80 Å². The predicted molar refractivity (Wildman–Crippen MR) is 103 cm³/mol. The van der Waals surface area contributed by atoms with E-state index in [2.05, 4.69) is 9.88 Å². The van der Waals surface area contributed by atoms with E-state index < -0.39 is 0 Å². The van der Waals surface area contributed by atoms with Gasteiger partial charge in [0.25, 0.3) is 5.91 Å². The molecule has 0 radical (unpaired) electrons. The van der Waals surface area contributed by atoms with Gasteiger partial charge in [-0.25, -0.2) is 9.37 Å². The maximum absolute atomic E-state index is 13.1. The van der Waals surface area contributed by atoms with Crippen molar-refractivity contribution in [1.82, 2.24) is 9.88 Å². The molecule has 2 aromatic rings. The van der Waals surface area contributed by atoms with Gasteiger partial charge in [-0.3, -0.25) is 14.5 Å². The van der Waals surface area contributed by atoms with Crippen LogP contribution in [0.1, 0.15) is 28.2 Å². The van der Waals surface area contributed by atoms with E-state index in [4.69, 9.17) is 0 Å². The summed E-state index contributed by atoms with van der Waals surface area (Å²) in [6.45, 7) is 5.11. The fraction of sp³-hybridized carbons (Fsp3) is 0.421. The van der Waals surface area contributed by atoms with E-state index in [1.165, 1.54) is 23.5 Å². The van der Waals surface area contributed by atoms with Crippen LogP contribution in [0.25, 0.3) is 0 Å². The van der Waals surface area contributed by atoms with Crippen molar-refractivity contribution < 1.29 is 14.0 Å². The highest BCUT2D eigenvalue weighted by Gasteiger charge is 2.29. The second-order valence-corrected chi connectivity index (χ2v) is 7.79. The Bertz CT molecular complexity index is 859. The first-order valence-electron chi connectivity index (χ1n) is 9.10. The van der Waals surface area contributed by atoms with Crippen molar-refractivity contribution in [3.05, 3.63) is 40.7 Å². The highest BCUT2D eigenvalue weighted by Crippen LogP contribution is 2.30. The number of carbonyl (C=O) groups excluding carboxylic acids is 2. The minimum atomic E-state index is -0.250. The van der Waals surface area contributed by atoms with Gasteiger partial charge in [0.05, 0.1) is 5.69 Å². The Hall–Kier alpha value is -2.48. The summed E-state index contributed by atoms with van der Waals surface area (Å²) in [5.74, 6) is -0.196. The van der Waals surface area contributed by atoms with Gasteiger partial charge in [0.1, 0.15) is 10.7 Å². The van der Waals surface area contributed by atoms with Crippen LogP contribution in [0.5, 0.6) is 0 Å². The first kappa shape index (κ1) is 17.9. The molecule has 0 aliphatic carbocycles. The third-order valence-corrected chi connectivity index (χ3v) is 6.21. The Morgan fingerprint density at radius 2 is 1.81 bits per heavy atom. The van der Waals surface area contributed by atoms with Gasteiger partial charge in [-0.2, -0.15) is 0 Å². The lowest BCUT2D eigenvalue weighted by Crippen LogP contribution is -2.48. The average molecular weight is 388 g/mol. The number of benzene rings is 1. The SMILES string of the molecule is Cc1nc(N2CCCC2=O)sc1C(=O)N1CCN(c2ccc(F)cc2)CC1. The lowest BCUT2D eigenvalue weighted by Gasteiger charge is -2.36. The first-order valence-corrected chi connectivity index (χ1v) is 9.92. The summed E-state index contributed by atoms with van der Waals surface area (Å²) >= 11 is 1.31. The molecule has 0 N–H and O–H groups in total. The zero-order valence-electron chi connectivity index (χ0n) is 15.2. The van der Waals surface area contributed by atoms with E-state index in [9.17, 15) is 14.0 Å². The molecular formula is C19H21FN4O2S. The standard InChI is InChI=1S/C19H21FN4O2S/c1-13-17(27-19(21-13)24-8-2-3-16(24)25)18(26)23-11-9-22(10-12-23)15-6-4-14(20)5-7-15/h4-7H,2-3,8-12H2,1H3. The number of nitrogens with zero attached hydrogens (tertiary/aromatic N) is 4. The van der Waals surface area contributed by atoms with E-state index in [0.29, 0.717) is 54.8 Å². The number of carbonyl (C=O) groups is 2. The van der Waals surface area contributed by atoms with Crippen LogP contribution in [-0.4, -0.2) is 54.4 Å². The van der Waals surface area contributed by atoms with Crippen molar-refractivity contribution in [2.45, 2.75) is 19.8 Å². The van der Waals surface area contributed by atoms with E-state index in [1.807, 2.05) is 11.8 Å². The number of thiazole rings is 1. The van der Waals surface area contributed by atoms with Crippen molar-refractivity contribution in [2.24, 2.45) is 0 Å². The van der Waals surface area contributed by atoms with Crippen LogP contribution in [-0.2, 0) is 4.79 Å². The van der Waals surface area contributed by atoms with Gasteiger partial charge in [-0.15, -0.1) is 0 Å². The van der Waals surface area contributed by atoms with Crippen molar-refractivity contribution >= 4 is 34.0 Å². The second-order valence-electron chi connectivity index (χ2n) is 6.82. The Kier molecular flexibility index (Phi) is 4.82. The molecular weight excluding hydrogens is 367 g/mol. The van der Waals surface area contributed by atoms with Crippen LogP contribution >= 0.6 is 11.3 Å². The van der Waals surface area contributed by atoms with Gasteiger partial charge >= 0.3 is 0 Å². The fourth-order valence-corrected chi connectivity index (χ4v) is 4.59. The lowest BCUT2D eigenvalue weighted by molar-refractivity contribution is -0.117. The molecule has 2 aliphatic rings. The molecule has 1 aromatic heterocycles. The van der Waals surface area contributed by atoms with Gasteiger partial charge in [-0.05, 0) is 37.6 Å². The molecule has 0 spiro atoms. The lowest BCUT2D eigenvalue weighted by atomic mass is 10.2. The number of amides is 2. The number of piperazine rings is 1. The number of aryl methyl sites for hydroxylation is 1. The Balaban J connectivity index is 1.43. The molecule has 2 aliphatic heterocycles. The van der Waals surface area contributed by atoms with Crippen LogP contribution in [0, 0.1) is 12.7 Å². The Morgan fingerprint density at radius 3 is 2.44 bits per heavy atom. The van der Waals surface area contributed by atoms with Crippen LogP contribution in [0.4, 0.5) is 15.2 Å². The van der Waals surface area contributed by atoms with Crippen molar-refractivity contribution in [3.63, 3.8) is 0 Å². The maximum atomic E-state index is 13.1. The fourth-order valence-electron chi connectivity index (χ4n) is 3.51. The number of aromatic nitrogens is 1. The van der Waals surface area contributed by atoms with E-state index in [1.54, 1.807) is 17.0 Å².